The first-order chi connectivity index (χ1) is 9.83. The highest BCUT2D eigenvalue weighted by atomic mass is 35.5. The van der Waals surface area contributed by atoms with Crippen LogP contribution in [0.5, 0.6) is 11.5 Å². The van der Waals surface area contributed by atoms with Gasteiger partial charge in [-0.2, -0.15) is 0 Å². The quantitative estimate of drug-likeness (QED) is 0.832. The molecule has 0 aliphatic rings. The molecular formula is C13H12Cl2N2O3S. The molecule has 0 heterocycles. The summed E-state index contributed by atoms with van der Waals surface area (Å²) in [4.78, 5) is -0.0592. The van der Waals surface area contributed by atoms with Crippen molar-refractivity contribution in [1.82, 2.24) is 4.72 Å². The minimum absolute atomic E-state index is 0.0592. The molecular weight excluding hydrogens is 335 g/mol. The third kappa shape index (κ3) is 3.59. The van der Waals surface area contributed by atoms with E-state index in [1.807, 2.05) is 0 Å². The maximum atomic E-state index is 12.0. The summed E-state index contributed by atoms with van der Waals surface area (Å²) in [5, 5.41) is 0.687. The molecule has 0 aliphatic heterocycles. The molecule has 0 saturated heterocycles. The molecule has 2 aromatic carbocycles. The standard InChI is InChI=1S/C13H12Cl2N2O3S/c1-17-21(18,19)13-6-8(16)2-5-12(13)20-9-3-4-10(14)11(15)7-9/h2-7,17H,16H2,1H3. The lowest BCUT2D eigenvalue weighted by Crippen LogP contribution is -2.19. The number of nitrogen functional groups attached to an aromatic ring is 1. The van der Waals surface area contributed by atoms with Gasteiger partial charge in [0.15, 0.2) is 0 Å². The molecule has 2 aromatic rings. The maximum Gasteiger partial charge on any atom is 0.244 e. The molecule has 0 radical (unpaired) electrons. The minimum atomic E-state index is -3.70. The molecule has 21 heavy (non-hydrogen) atoms. The van der Waals surface area contributed by atoms with Crippen LogP contribution in [0.1, 0.15) is 0 Å². The third-order valence-electron chi connectivity index (χ3n) is 2.64. The highest BCUT2D eigenvalue weighted by Gasteiger charge is 2.19. The Morgan fingerprint density at radius 2 is 1.81 bits per heavy atom. The number of anilines is 1. The van der Waals surface area contributed by atoms with Gasteiger partial charge in [0.2, 0.25) is 10.0 Å². The van der Waals surface area contributed by atoms with E-state index in [9.17, 15) is 8.42 Å². The summed E-state index contributed by atoms with van der Waals surface area (Å²) in [7, 11) is -2.40. The lowest BCUT2D eigenvalue weighted by atomic mass is 10.3. The Bertz CT molecular complexity index is 779. The average Bonchev–Trinajstić information content (AvgIpc) is 2.44. The second kappa shape index (κ2) is 6.11. The average molecular weight is 347 g/mol. The molecule has 0 unspecified atom stereocenters. The van der Waals surface area contributed by atoms with Gasteiger partial charge in [-0.3, -0.25) is 0 Å². The highest BCUT2D eigenvalue weighted by Crippen LogP contribution is 2.33. The largest absolute Gasteiger partial charge is 0.456 e. The van der Waals surface area contributed by atoms with Crippen molar-refractivity contribution in [2.45, 2.75) is 4.90 Å². The molecule has 0 spiro atoms. The molecule has 0 aliphatic carbocycles. The number of halogens is 2. The van der Waals surface area contributed by atoms with Crippen LogP contribution in [0.4, 0.5) is 5.69 Å². The van der Waals surface area contributed by atoms with Gasteiger partial charge in [-0.15, -0.1) is 0 Å². The smallest absolute Gasteiger partial charge is 0.244 e. The van der Waals surface area contributed by atoms with Crippen LogP contribution in [0.25, 0.3) is 0 Å². The summed E-state index contributed by atoms with van der Waals surface area (Å²) < 4.78 is 31.8. The summed E-state index contributed by atoms with van der Waals surface area (Å²) in [5.74, 6) is 0.499. The normalized spacial score (nSPS) is 11.4. The van der Waals surface area contributed by atoms with E-state index in [0.717, 1.165) is 0 Å². The zero-order valence-corrected chi connectivity index (χ0v) is 13.3. The second-order valence-electron chi connectivity index (χ2n) is 4.09. The SMILES string of the molecule is CNS(=O)(=O)c1cc(N)ccc1Oc1ccc(Cl)c(Cl)c1. The third-order valence-corrected chi connectivity index (χ3v) is 4.82. The van der Waals surface area contributed by atoms with E-state index < -0.39 is 10.0 Å². The Hall–Kier alpha value is -1.47. The molecule has 0 aromatic heterocycles. The second-order valence-corrected chi connectivity index (χ2v) is 6.76. The Balaban J connectivity index is 2.47. The number of benzene rings is 2. The van der Waals surface area contributed by atoms with Gasteiger partial charge in [0.05, 0.1) is 10.0 Å². The lowest BCUT2D eigenvalue weighted by Gasteiger charge is -2.12. The Kier molecular flexibility index (Phi) is 4.63. The number of ether oxygens (including phenoxy) is 1. The van der Waals surface area contributed by atoms with Crippen LogP contribution >= 0.6 is 23.2 Å². The van der Waals surface area contributed by atoms with Gasteiger partial charge in [0.1, 0.15) is 16.4 Å². The first-order valence-electron chi connectivity index (χ1n) is 5.79. The van der Waals surface area contributed by atoms with Gasteiger partial charge >= 0.3 is 0 Å². The van der Waals surface area contributed by atoms with Gasteiger partial charge in [-0.05, 0) is 37.4 Å². The van der Waals surface area contributed by atoms with Crippen molar-refractivity contribution in [2.75, 3.05) is 12.8 Å². The molecule has 0 amide bonds. The minimum Gasteiger partial charge on any atom is -0.456 e. The summed E-state index contributed by atoms with van der Waals surface area (Å²) >= 11 is 11.7. The van der Waals surface area contributed by atoms with Crippen LogP contribution in [0.3, 0.4) is 0 Å². The fourth-order valence-electron chi connectivity index (χ4n) is 1.60. The zero-order chi connectivity index (χ0) is 15.6. The van der Waals surface area contributed by atoms with Crippen molar-refractivity contribution in [3.8, 4) is 11.5 Å². The Labute approximate surface area is 132 Å². The van der Waals surface area contributed by atoms with Crippen LogP contribution < -0.4 is 15.2 Å². The molecule has 112 valence electrons. The molecule has 0 bridgehead atoms. The molecule has 2 rings (SSSR count). The van der Waals surface area contributed by atoms with E-state index in [4.69, 9.17) is 33.7 Å². The number of nitrogens with two attached hydrogens (primary N) is 1. The van der Waals surface area contributed by atoms with E-state index in [1.165, 1.54) is 25.2 Å². The van der Waals surface area contributed by atoms with E-state index in [-0.39, 0.29) is 10.6 Å². The van der Waals surface area contributed by atoms with Crippen molar-refractivity contribution < 1.29 is 13.2 Å². The van der Waals surface area contributed by atoms with E-state index in [0.29, 0.717) is 21.5 Å². The van der Waals surface area contributed by atoms with Gasteiger partial charge in [0, 0.05) is 11.8 Å². The Morgan fingerprint density at radius 1 is 1.10 bits per heavy atom. The number of hydrogen-bond donors (Lipinski definition) is 2. The molecule has 0 fully saturated rings. The van der Waals surface area contributed by atoms with Gasteiger partial charge in [-0.25, -0.2) is 13.1 Å². The zero-order valence-electron chi connectivity index (χ0n) is 10.9. The van der Waals surface area contributed by atoms with Gasteiger partial charge in [-0.1, -0.05) is 23.2 Å². The topological polar surface area (TPSA) is 81.4 Å². The molecule has 5 nitrogen and oxygen atoms in total. The predicted molar refractivity (Wildman–Crippen MR) is 83.6 cm³/mol. The molecule has 8 heteroatoms. The summed E-state index contributed by atoms with van der Waals surface area (Å²) in [6.07, 6.45) is 0. The van der Waals surface area contributed by atoms with Crippen molar-refractivity contribution in [1.29, 1.82) is 0 Å². The highest BCUT2D eigenvalue weighted by molar-refractivity contribution is 7.89. The molecule has 0 saturated carbocycles. The van der Waals surface area contributed by atoms with Crippen LogP contribution in [-0.2, 0) is 10.0 Å². The number of nitrogens with one attached hydrogen (secondary N) is 1. The maximum absolute atomic E-state index is 12.0. The van der Waals surface area contributed by atoms with Crippen LogP contribution in [0, 0.1) is 0 Å². The predicted octanol–water partition coefficient (Wildman–Crippen LogP) is 3.28. The Morgan fingerprint density at radius 3 is 2.43 bits per heavy atom. The first kappa shape index (κ1) is 15.9. The molecule has 0 atom stereocenters. The van der Waals surface area contributed by atoms with Crippen LogP contribution in [0.2, 0.25) is 10.0 Å². The molecule has 3 N–H and O–H groups in total. The van der Waals surface area contributed by atoms with Crippen LogP contribution in [0.15, 0.2) is 41.3 Å². The van der Waals surface area contributed by atoms with Crippen molar-refractivity contribution in [2.24, 2.45) is 0 Å². The number of rotatable bonds is 4. The van der Waals surface area contributed by atoms with E-state index >= 15 is 0 Å². The van der Waals surface area contributed by atoms with Gasteiger partial charge in [0.25, 0.3) is 0 Å². The van der Waals surface area contributed by atoms with E-state index in [2.05, 4.69) is 4.72 Å². The van der Waals surface area contributed by atoms with Crippen molar-refractivity contribution >= 4 is 38.9 Å². The lowest BCUT2D eigenvalue weighted by molar-refractivity contribution is 0.467. The van der Waals surface area contributed by atoms with Crippen molar-refractivity contribution in [3.05, 3.63) is 46.4 Å². The summed E-state index contributed by atoms with van der Waals surface area (Å²) in [5.41, 5.74) is 5.94. The monoisotopic (exact) mass is 346 g/mol. The summed E-state index contributed by atoms with van der Waals surface area (Å²) in [6, 6.07) is 8.97. The van der Waals surface area contributed by atoms with E-state index in [1.54, 1.807) is 18.2 Å². The number of hydrogen-bond acceptors (Lipinski definition) is 4. The van der Waals surface area contributed by atoms with Crippen LogP contribution in [-0.4, -0.2) is 15.5 Å². The number of sulfonamides is 1. The first-order valence-corrected chi connectivity index (χ1v) is 8.03. The fourth-order valence-corrected chi connectivity index (χ4v) is 2.77. The van der Waals surface area contributed by atoms with Gasteiger partial charge < -0.3 is 10.5 Å². The van der Waals surface area contributed by atoms with Crippen molar-refractivity contribution in [3.63, 3.8) is 0 Å². The summed E-state index contributed by atoms with van der Waals surface area (Å²) in [6.45, 7) is 0. The fraction of sp³-hybridized carbons (Fsp3) is 0.0769.